The summed E-state index contributed by atoms with van der Waals surface area (Å²) in [6, 6.07) is 12.3. The summed E-state index contributed by atoms with van der Waals surface area (Å²) in [7, 11) is -3.24. The second kappa shape index (κ2) is 11.4. The third-order valence-corrected chi connectivity index (χ3v) is 9.17. The smallest absolute Gasteiger partial charge is 0.230 e. The van der Waals surface area contributed by atoms with Crippen LogP contribution in [0.25, 0.3) is 0 Å². The summed E-state index contributed by atoms with van der Waals surface area (Å²) in [5.41, 5.74) is 0.840. The second-order valence-corrected chi connectivity index (χ2v) is 12.7. The lowest BCUT2D eigenvalue weighted by molar-refractivity contribution is -0.127. The van der Waals surface area contributed by atoms with Crippen LogP contribution in [0.1, 0.15) is 44.4 Å². The van der Waals surface area contributed by atoms with E-state index in [0.717, 1.165) is 11.1 Å². The Balaban J connectivity index is 1.80. The molecule has 6 nitrogen and oxygen atoms in total. The fraction of sp³-hybridized carbons (Fsp3) is 0.480. The van der Waals surface area contributed by atoms with Crippen molar-refractivity contribution in [2.24, 2.45) is 0 Å². The maximum atomic E-state index is 13.7. The Morgan fingerprint density at radius 1 is 1.11 bits per heavy atom. The molecule has 2 aromatic rings. The predicted octanol–water partition coefficient (Wildman–Crippen LogP) is 5.14. The van der Waals surface area contributed by atoms with Gasteiger partial charge in [-0.3, -0.25) is 4.79 Å². The predicted molar refractivity (Wildman–Crippen MR) is 144 cm³/mol. The third-order valence-electron chi connectivity index (χ3n) is 6.78. The van der Waals surface area contributed by atoms with Crippen molar-refractivity contribution in [3.63, 3.8) is 0 Å². The molecule has 0 radical (unpaired) electrons. The fourth-order valence-corrected chi connectivity index (χ4v) is 6.07. The van der Waals surface area contributed by atoms with E-state index in [9.17, 15) is 13.2 Å². The van der Waals surface area contributed by atoms with E-state index in [1.165, 1.54) is 10.6 Å². The molecule has 1 saturated heterocycles. The summed E-state index contributed by atoms with van der Waals surface area (Å²) in [6.07, 6.45) is 1.77. The van der Waals surface area contributed by atoms with Gasteiger partial charge in [-0.2, -0.15) is 4.31 Å². The van der Waals surface area contributed by atoms with E-state index in [1.807, 2.05) is 39.0 Å². The van der Waals surface area contributed by atoms with Gasteiger partial charge in [0.15, 0.2) is 0 Å². The van der Waals surface area contributed by atoms with E-state index in [2.05, 4.69) is 10.2 Å². The van der Waals surface area contributed by atoms with Crippen molar-refractivity contribution >= 4 is 50.7 Å². The number of hydrogen-bond donors (Lipinski definition) is 1. The first kappa shape index (κ1) is 28.2. The number of sulfonamides is 1. The summed E-state index contributed by atoms with van der Waals surface area (Å²) in [5, 5.41) is 4.61. The molecule has 1 amide bonds. The lowest BCUT2D eigenvalue weighted by Gasteiger charge is -2.40. The van der Waals surface area contributed by atoms with Crippen LogP contribution in [-0.4, -0.2) is 62.0 Å². The number of halogens is 3. The molecular weight excluding hydrogens is 529 g/mol. The zero-order valence-electron chi connectivity index (χ0n) is 20.4. The highest BCUT2D eigenvalue weighted by molar-refractivity contribution is 7.88. The summed E-state index contributed by atoms with van der Waals surface area (Å²) in [4.78, 5) is 15.9. The standard InChI is InChI=1S/C25H32Cl3N3O3S/c1-17-16-30(13-14-31(17)35(4,33)34)12-11-25(3,20-7-10-22(27)23(28)15-20)24(32)29-18(2)19-5-8-21(26)9-6-19/h5-10,15,17-18H,11-14,16H2,1-4H3,(H,29,32)/t17-,18?,25?/m1/s1. The molecule has 1 heterocycles. The number of amides is 1. The van der Waals surface area contributed by atoms with Gasteiger partial charge in [0.2, 0.25) is 15.9 Å². The van der Waals surface area contributed by atoms with Gasteiger partial charge in [0, 0.05) is 30.7 Å². The van der Waals surface area contributed by atoms with E-state index in [1.54, 1.807) is 24.3 Å². The second-order valence-electron chi connectivity index (χ2n) is 9.48. The number of hydrogen-bond acceptors (Lipinski definition) is 4. The van der Waals surface area contributed by atoms with Crippen molar-refractivity contribution in [3.8, 4) is 0 Å². The first-order chi connectivity index (χ1) is 16.3. The third kappa shape index (κ3) is 6.90. The van der Waals surface area contributed by atoms with Gasteiger partial charge in [-0.05, 0) is 69.1 Å². The first-order valence-electron chi connectivity index (χ1n) is 11.5. The molecule has 0 bridgehead atoms. The number of nitrogens with one attached hydrogen (secondary N) is 1. The normalized spacial score (nSPS) is 20.3. The van der Waals surface area contributed by atoms with E-state index in [4.69, 9.17) is 34.8 Å². The van der Waals surface area contributed by atoms with Crippen LogP contribution < -0.4 is 5.32 Å². The minimum Gasteiger partial charge on any atom is -0.349 e. The van der Waals surface area contributed by atoms with Crippen LogP contribution in [0.4, 0.5) is 0 Å². The van der Waals surface area contributed by atoms with Gasteiger partial charge in [-0.25, -0.2) is 8.42 Å². The van der Waals surface area contributed by atoms with Crippen LogP contribution in [0.2, 0.25) is 15.1 Å². The molecule has 3 rings (SSSR count). The molecular formula is C25H32Cl3N3O3S. The van der Waals surface area contributed by atoms with Gasteiger partial charge in [0.25, 0.3) is 0 Å². The molecule has 1 N–H and O–H groups in total. The van der Waals surface area contributed by atoms with Crippen LogP contribution in [0.3, 0.4) is 0 Å². The minimum absolute atomic E-state index is 0.124. The Labute approximate surface area is 223 Å². The van der Waals surface area contributed by atoms with Gasteiger partial charge in [-0.15, -0.1) is 0 Å². The largest absolute Gasteiger partial charge is 0.349 e. The number of nitrogens with zero attached hydrogens (tertiary/aromatic N) is 2. The molecule has 35 heavy (non-hydrogen) atoms. The average Bonchev–Trinajstić information content (AvgIpc) is 2.78. The van der Waals surface area contributed by atoms with Crippen LogP contribution in [0.5, 0.6) is 0 Å². The van der Waals surface area contributed by atoms with Crippen molar-refractivity contribution in [3.05, 3.63) is 68.7 Å². The average molecular weight is 561 g/mol. The van der Waals surface area contributed by atoms with Crippen molar-refractivity contribution in [2.45, 2.75) is 44.7 Å². The van der Waals surface area contributed by atoms with Gasteiger partial charge in [0.1, 0.15) is 0 Å². The summed E-state index contributed by atoms with van der Waals surface area (Å²) < 4.78 is 25.6. The van der Waals surface area contributed by atoms with Crippen molar-refractivity contribution in [2.75, 3.05) is 32.4 Å². The molecule has 0 aromatic heterocycles. The highest BCUT2D eigenvalue weighted by Crippen LogP contribution is 2.34. The quantitative estimate of drug-likeness (QED) is 0.486. The lowest BCUT2D eigenvalue weighted by Crippen LogP contribution is -2.54. The van der Waals surface area contributed by atoms with E-state index in [-0.39, 0.29) is 18.0 Å². The Morgan fingerprint density at radius 3 is 2.34 bits per heavy atom. The summed E-state index contributed by atoms with van der Waals surface area (Å²) in [6.45, 7) is 8.02. The molecule has 10 heteroatoms. The number of carbonyl (C=O) groups excluding carboxylic acids is 1. The van der Waals surface area contributed by atoms with Gasteiger partial charge < -0.3 is 10.2 Å². The van der Waals surface area contributed by atoms with Gasteiger partial charge >= 0.3 is 0 Å². The van der Waals surface area contributed by atoms with Crippen LogP contribution in [0.15, 0.2) is 42.5 Å². The van der Waals surface area contributed by atoms with Crippen LogP contribution >= 0.6 is 34.8 Å². The maximum Gasteiger partial charge on any atom is 0.230 e. The lowest BCUT2D eigenvalue weighted by atomic mass is 9.78. The highest BCUT2D eigenvalue weighted by Gasteiger charge is 2.38. The highest BCUT2D eigenvalue weighted by atomic mass is 35.5. The Kier molecular flexibility index (Phi) is 9.16. The zero-order chi connectivity index (χ0) is 26.0. The maximum absolute atomic E-state index is 13.7. The minimum atomic E-state index is -3.24. The molecule has 0 aliphatic carbocycles. The van der Waals surface area contributed by atoms with Gasteiger partial charge in [0.05, 0.1) is 27.8 Å². The van der Waals surface area contributed by atoms with Gasteiger partial charge in [-0.1, -0.05) is 53.0 Å². The summed E-state index contributed by atoms with van der Waals surface area (Å²) in [5.74, 6) is -0.124. The topological polar surface area (TPSA) is 69.7 Å². The number of carbonyl (C=O) groups is 1. The molecule has 2 unspecified atom stereocenters. The summed E-state index contributed by atoms with van der Waals surface area (Å²) >= 11 is 18.5. The molecule has 0 saturated carbocycles. The number of rotatable bonds is 8. The van der Waals surface area contributed by atoms with Crippen LogP contribution in [-0.2, 0) is 20.2 Å². The van der Waals surface area contributed by atoms with Crippen molar-refractivity contribution < 1.29 is 13.2 Å². The van der Waals surface area contributed by atoms with E-state index < -0.39 is 15.4 Å². The SMILES string of the molecule is CC(NC(=O)C(C)(CCN1CCN(S(C)(=O)=O)[C@H](C)C1)c1ccc(Cl)c(Cl)c1)c1ccc(Cl)cc1. The molecule has 1 aliphatic heterocycles. The zero-order valence-corrected chi connectivity index (χ0v) is 23.5. The molecule has 1 aliphatic rings. The number of piperazine rings is 1. The Hall–Kier alpha value is -1.35. The molecule has 3 atom stereocenters. The van der Waals surface area contributed by atoms with E-state index in [0.29, 0.717) is 47.7 Å². The van der Waals surface area contributed by atoms with Crippen molar-refractivity contribution in [1.29, 1.82) is 0 Å². The molecule has 0 spiro atoms. The molecule has 2 aromatic carbocycles. The van der Waals surface area contributed by atoms with Crippen LogP contribution in [0, 0.1) is 0 Å². The first-order valence-corrected chi connectivity index (χ1v) is 14.5. The van der Waals surface area contributed by atoms with E-state index >= 15 is 0 Å². The molecule has 1 fully saturated rings. The fourth-order valence-electron chi connectivity index (χ4n) is 4.51. The Morgan fingerprint density at radius 2 is 1.77 bits per heavy atom. The van der Waals surface area contributed by atoms with Crippen molar-refractivity contribution in [1.82, 2.24) is 14.5 Å². The Bertz CT molecular complexity index is 1160. The monoisotopic (exact) mass is 559 g/mol. The molecule has 192 valence electrons. The number of benzene rings is 2.